The molecule has 1 atom stereocenters. The Labute approximate surface area is 92.3 Å². The number of hydrogen-bond acceptors (Lipinski definition) is 5. The van der Waals surface area contributed by atoms with Crippen molar-refractivity contribution >= 4 is 11.9 Å². The maximum Gasteiger partial charge on any atom is 0.328 e. The number of amides is 1. The first-order valence-electron chi connectivity index (χ1n) is 4.58. The molecule has 2 N–H and O–H groups in total. The van der Waals surface area contributed by atoms with Gasteiger partial charge >= 0.3 is 5.97 Å². The van der Waals surface area contributed by atoms with E-state index in [1.54, 1.807) is 0 Å². The minimum Gasteiger partial charge on any atom is -0.505 e. The van der Waals surface area contributed by atoms with Crippen molar-refractivity contribution < 1.29 is 19.4 Å². The third kappa shape index (κ3) is 2.69. The van der Waals surface area contributed by atoms with E-state index in [4.69, 9.17) is 0 Å². The van der Waals surface area contributed by atoms with Crippen molar-refractivity contribution in [2.45, 2.75) is 13.0 Å². The lowest BCUT2D eigenvalue weighted by molar-refractivity contribution is -0.142. The second-order valence-electron chi connectivity index (χ2n) is 3.11. The van der Waals surface area contributed by atoms with Crippen LogP contribution in [-0.4, -0.2) is 35.1 Å². The molecule has 0 radical (unpaired) electrons. The zero-order valence-electron chi connectivity index (χ0n) is 8.93. The van der Waals surface area contributed by atoms with Gasteiger partial charge in [0.1, 0.15) is 11.8 Å². The number of ether oxygens (including phenoxy) is 1. The van der Waals surface area contributed by atoms with Crippen molar-refractivity contribution in [3.05, 3.63) is 24.0 Å². The SMILES string of the molecule is COC(=O)C(C)NC(=O)c1ccncc1O. The lowest BCUT2D eigenvalue weighted by atomic mass is 10.2. The van der Waals surface area contributed by atoms with Crippen molar-refractivity contribution in [2.75, 3.05) is 7.11 Å². The zero-order chi connectivity index (χ0) is 12.1. The smallest absolute Gasteiger partial charge is 0.328 e. The molecular weight excluding hydrogens is 212 g/mol. The summed E-state index contributed by atoms with van der Waals surface area (Å²) in [4.78, 5) is 26.3. The monoisotopic (exact) mass is 224 g/mol. The fourth-order valence-corrected chi connectivity index (χ4v) is 1.09. The van der Waals surface area contributed by atoms with Gasteiger partial charge in [-0.25, -0.2) is 4.79 Å². The Kier molecular flexibility index (Phi) is 3.82. The van der Waals surface area contributed by atoms with Crippen LogP contribution in [0.3, 0.4) is 0 Å². The number of aromatic hydroxyl groups is 1. The molecule has 0 aromatic carbocycles. The molecule has 0 aliphatic rings. The number of pyridine rings is 1. The molecule has 1 aromatic heterocycles. The molecule has 0 saturated carbocycles. The second kappa shape index (κ2) is 5.11. The highest BCUT2D eigenvalue weighted by atomic mass is 16.5. The maximum atomic E-state index is 11.6. The Morgan fingerprint density at radius 3 is 2.81 bits per heavy atom. The highest BCUT2D eigenvalue weighted by Gasteiger charge is 2.18. The van der Waals surface area contributed by atoms with Crippen molar-refractivity contribution in [3.63, 3.8) is 0 Å². The average Bonchev–Trinajstić information content (AvgIpc) is 2.28. The van der Waals surface area contributed by atoms with Crippen molar-refractivity contribution in [3.8, 4) is 5.75 Å². The van der Waals surface area contributed by atoms with Gasteiger partial charge in [0.25, 0.3) is 5.91 Å². The Morgan fingerprint density at radius 2 is 2.25 bits per heavy atom. The van der Waals surface area contributed by atoms with E-state index in [9.17, 15) is 14.7 Å². The van der Waals surface area contributed by atoms with E-state index in [1.807, 2.05) is 0 Å². The molecule has 0 aliphatic heterocycles. The van der Waals surface area contributed by atoms with Crippen LogP contribution in [0.25, 0.3) is 0 Å². The molecular formula is C10H12N2O4. The van der Waals surface area contributed by atoms with Crippen LogP contribution in [0, 0.1) is 0 Å². The molecule has 16 heavy (non-hydrogen) atoms. The minimum atomic E-state index is -0.773. The van der Waals surface area contributed by atoms with E-state index in [1.165, 1.54) is 26.3 Å². The summed E-state index contributed by atoms with van der Waals surface area (Å²) in [5.41, 5.74) is 0.0609. The summed E-state index contributed by atoms with van der Waals surface area (Å²) in [6.45, 7) is 1.49. The van der Waals surface area contributed by atoms with E-state index in [-0.39, 0.29) is 11.3 Å². The first-order chi connectivity index (χ1) is 7.56. The molecule has 1 amide bonds. The van der Waals surface area contributed by atoms with E-state index in [0.717, 1.165) is 6.20 Å². The highest BCUT2D eigenvalue weighted by molar-refractivity contribution is 5.98. The largest absolute Gasteiger partial charge is 0.505 e. The van der Waals surface area contributed by atoms with Crippen LogP contribution in [0.2, 0.25) is 0 Å². The molecule has 1 aromatic rings. The van der Waals surface area contributed by atoms with E-state index in [2.05, 4.69) is 15.0 Å². The Bertz CT molecular complexity index is 406. The van der Waals surface area contributed by atoms with Gasteiger partial charge in [0.05, 0.1) is 18.9 Å². The first kappa shape index (κ1) is 12.0. The molecule has 0 saturated heterocycles. The standard InChI is InChI=1S/C10H12N2O4/c1-6(10(15)16-2)12-9(14)7-3-4-11-5-8(7)13/h3-6,13H,1-2H3,(H,12,14). The summed E-state index contributed by atoms with van der Waals surface area (Å²) >= 11 is 0. The average molecular weight is 224 g/mol. The molecule has 0 bridgehead atoms. The van der Waals surface area contributed by atoms with E-state index >= 15 is 0 Å². The Morgan fingerprint density at radius 1 is 1.56 bits per heavy atom. The second-order valence-corrected chi connectivity index (χ2v) is 3.11. The van der Waals surface area contributed by atoms with Crippen LogP contribution in [-0.2, 0) is 9.53 Å². The third-order valence-electron chi connectivity index (χ3n) is 1.95. The number of nitrogens with zero attached hydrogens (tertiary/aromatic N) is 1. The number of methoxy groups -OCH3 is 1. The Balaban J connectivity index is 2.73. The number of nitrogens with one attached hydrogen (secondary N) is 1. The molecule has 1 unspecified atom stereocenters. The van der Waals surface area contributed by atoms with Gasteiger partial charge in [-0.3, -0.25) is 9.78 Å². The highest BCUT2D eigenvalue weighted by Crippen LogP contribution is 2.13. The van der Waals surface area contributed by atoms with Crippen LogP contribution in [0.1, 0.15) is 17.3 Å². The van der Waals surface area contributed by atoms with Crippen molar-refractivity contribution in [2.24, 2.45) is 0 Å². The summed E-state index contributed by atoms with van der Waals surface area (Å²) in [6, 6.07) is 0.583. The number of aromatic nitrogens is 1. The zero-order valence-corrected chi connectivity index (χ0v) is 8.93. The number of rotatable bonds is 3. The normalized spacial score (nSPS) is 11.6. The molecule has 1 rings (SSSR count). The van der Waals surface area contributed by atoms with Crippen LogP contribution in [0.4, 0.5) is 0 Å². The summed E-state index contributed by atoms with van der Waals surface area (Å²) in [5.74, 6) is -1.35. The van der Waals surface area contributed by atoms with Gasteiger partial charge in [-0.1, -0.05) is 0 Å². The van der Waals surface area contributed by atoms with Crippen LogP contribution in [0.5, 0.6) is 5.75 Å². The number of carbonyl (C=O) groups excluding carboxylic acids is 2. The van der Waals surface area contributed by atoms with Gasteiger partial charge in [0.2, 0.25) is 0 Å². The van der Waals surface area contributed by atoms with E-state index < -0.39 is 17.9 Å². The molecule has 0 aliphatic carbocycles. The van der Waals surface area contributed by atoms with Crippen LogP contribution < -0.4 is 5.32 Å². The molecule has 86 valence electrons. The van der Waals surface area contributed by atoms with Gasteiger partial charge < -0.3 is 15.2 Å². The minimum absolute atomic E-state index is 0.0609. The summed E-state index contributed by atoms with van der Waals surface area (Å²) in [5, 5.41) is 11.7. The predicted molar refractivity (Wildman–Crippen MR) is 54.8 cm³/mol. The van der Waals surface area contributed by atoms with Gasteiger partial charge in [-0.15, -0.1) is 0 Å². The first-order valence-corrected chi connectivity index (χ1v) is 4.58. The van der Waals surface area contributed by atoms with E-state index in [0.29, 0.717) is 0 Å². The lowest BCUT2D eigenvalue weighted by Gasteiger charge is -2.11. The van der Waals surface area contributed by atoms with Crippen LogP contribution >= 0.6 is 0 Å². The van der Waals surface area contributed by atoms with Gasteiger partial charge in [-0.2, -0.15) is 0 Å². The van der Waals surface area contributed by atoms with Gasteiger partial charge in [0.15, 0.2) is 0 Å². The quantitative estimate of drug-likeness (QED) is 0.710. The third-order valence-corrected chi connectivity index (χ3v) is 1.95. The summed E-state index contributed by atoms with van der Waals surface area (Å²) < 4.78 is 4.45. The van der Waals surface area contributed by atoms with Crippen molar-refractivity contribution in [1.82, 2.24) is 10.3 Å². The molecule has 1 heterocycles. The number of carbonyl (C=O) groups is 2. The lowest BCUT2D eigenvalue weighted by Crippen LogP contribution is -2.39. The Hall–Kier alpha value is -2.11. The van der Waals surface area contributed by atoms with Crippen LogP contribution in [0.15, 0.2) is 18.5 Å². The van der Waals surface area contributed by atoms with Crippen molar-refractivity contribution in [1.29, 1.82) is 0 Å². The molecule has 0 spiro atoms. The number of hydrogen-bond donors (Lipinski definition) is 2. The van der Waals surface area contributed by atoms with Gasteiger partial charge in [0, 0.05) is 6.20 Å². The molecule has 6 nitrogen and oxygen atoms in total. The predicted octanol–water partition coefficient (Wildman–Crippen LogP) is 0.0785. The topological polar surface area (TPSA) is 88.5 Å². The molecule has 0 fully saturated rings. The maximum absolute atomic E-state index is 11.6. The molecule has 6 heteroatoms. The summed E-state index contributed by atoms with van der Waals surface area (Å²) in [7, 11) is 1.23. The fourth-order valence-electron chi connectivity index (χ4n) is 1.09. The number of esters is 1. The van der Waals surface area contributed by atoms with Gasteiger partial charge in [-0.05, 0) is 13.0 Å². The fraction of sp³-hybridized carbons (Fsp3) is 0.300. The summed E-state index contributed by atoms with van der Waals surface area (Å²) in [6.07, 6.45) is 2.52.